The Balaban J connectivity index is 1.68. The average Bonchev–Trinajstić information content (AvgIpc) is 3.15. The number of carbonyl (C=O) groups excluding carboxylic acids is 1. The highest BCUT2D eigenvalue weighted by Crippen LogP contribution is 2.68. The number of carbonyl (C=O) groups is 1. The van der Waals surface area contributed by atoms with E-state index < -0.39 is 11.2 Å². The van der Waals surface area contributed by atoms with Crippen molar-refractivity contribution < 1.29 is 23.8 Å². The molecule has 3 aliphatic heterocycles. The van der Waals surface area contributed by atoms with Crippen LogP contribution in [0.25, 0.3) is 11.0 Å². The van der Waals surface area contributed by atoms with Gasteiger partial charge in [-0.1, -0.05) is 12.1 Å². The molecule has 2 aromatic rings. The number of hydrogen-bond donors (Lipinski definition) is 1. The maximum absolute atomic E-state index is 12.7. The molecular formula is C19H18O5. The molecule has 1 N–H and O–H groups in total. The summed E-state index contributed by atoms with van der Waals surface area (Å²) in [6, 6.07) is 6.20. The van der Waals surface area contributed by atoms with Crippen molar-refractivity contribution in [3.63, 3.8) is 0 Å². The Morgan fingerprint density at radius 2 is 2.12 bits per heavy atom. The highest BCUT2D eigenvalue weighted by atomic mass is 16.6. The zero-order valence-electron chi connectivity index (χ0n) is 13.4. The second-order valence-corrected chi connectivity index (χ2v) is 7.99. The zero-order chi connectivity index (χ0) is 16.3. The van der Waals surface area contributed by atoms with Gasteiger partial charge in [-0.05, 0) is 25.0 Å². The molecule has 5 atom stereocenters. The first-order valence-corrected chi connectivity index (χ1v) is 8.57. The van der Waals surface area contributed by atoms with Gasteiger partial charge in [-0.2, -0.15) is 0 Å². The van der Waals surface area contributed by atoms with Crippen LogP contribution in [0.4, 0.5) is 0 Å². The molecule has 1 aromatic carbocycles. The van der Waals surface area contributed by atoms with Crippen LogP contribution in [0.2, 0.25) is 0 Å². The molecule has 5 nitrogen and oxygen atoms in total. The summed E-state index contributed by atoms with van der Waals surface area (Å²) in [5.74, 6) is -1.78. The molecule has 1 saturated carbocycles. The molecule has 4 heterocycles. The van der Waals surface area contributed by atoms with E-state index in [-0.39, 0.29) is 23.4 Å². The van der Waals surface area contributed by atoms with Gasteiger partial charge in [0.25, 0.3) is 0 Å². The number of benzene rings is 1. The zero-order valence-corrected chi connectivity index (χ0v) is 13.4. The average molecular weight is 326 g/mol. The fraction of sp³-hybridized carbons (Fsp3) is 0.526. The van der Waals surface area contributed by atoms with Gasteiger partial charge in [-0.3, -0.25) is 4.79 Å². The number of fused-ring (bicyclic) bond motifs is 5. The summed E-state index contributed by atoms with van der Waals surface area (Å²) in [6.45, 7) is 2.25. The quantitative estimate of drug-likeness (QED) is 0.752. The van der Waals surface area contributed by atoms with E-state index in [1.807, 2.05) is 13.0 Å². The van der Waals surface area contributed by atoms with E-state index in [1.54, 1.807) is 6.26 Å². The van der Waals surface area contributed by atoms with Crippen LogP contribution in [-0.2, 0) is 26.1 Å². The first kappa shape index (κ1) is 13.4. The molecule has 5 aliphatic rings. The Morgan fingerprint density at radius 1 is 1.25 bits per heavy atom. The maximum atomic E-state index is 12.7. The largest absolute Gasteiger partial charge is 0.464 e. The highest BCUT2D eigenvalue weighted by molar-refractivity contribution is 5.86. The normalized spacial score (nSPS) is 45.2. The summed E-state index contributed by atoms with van der Waals surface area (Å²) in [6.07, 6.45) is 3.38. The second kappa shape index (κ2) is 3.70. The molecule has 0 amide bonds. The van der Waals surface area contributed by atoms with E-state index in [2.05, 4.69) is 12.1 Å². The van der Waals surface area contributed by atoms with Crippen molar-refractivity contribution in [2.45, 2.75) is 43.5 Å². The van der Waals surface area contributed by atoms with Gasteiger partial charge in [0, 0.05) is 35.1 Å². The molecule has 124 valence electrons. The van der Waals surface area contributed by atoms with Gasteiger partial charge in [0.05, 0.1) is 12.9 Å². The first-order chi connectivity index (χ1) is 11.5. The second-order valence-electron chi connectivity index (χ2n) is 7.99. The molecule has 2 aliphatic carbocycles. The molecular weight excluding hydrogens is 308 g/mol. The van der Waals surface area contributed by atoms with Crippen molar-refractivity contribution in [1.29, 1.82) is 0 Å². The molecule has 4 fully saturated rings. The highest BCUT2D eigenvalue weighted by Gasteiger charge is 2.78. The van der Waals surface area contributed by atoms with Crippen molar-refractivity contribution in [2.24, 2.45) is 11.3 Å². The number of esters is 1. The lowest BCUT2D eigenvalue weighted by Gasteiger charge is -2.62. The van der Waals surface area contributed by atoms with E-state index >= 15 is 0 Å². The number of aliphatic hydroxyl groups is 1. The van der Waals surface area contributed by atoms with E-state index in [0.717, 1.165) is 23.0 Å². The van der Waals surface area contributed by atoms with Crippen molar-refractivity contribution in [3.05, 3.63) is 35.6 Å². The van der Waals surface area contributed by atoms with Crippen LogP contribution in [0, 0.1) is 11.3 Å². The molecule has 0 radical (unpaired) electrons. The fourth-order valence-corrected chi connectivity index (χ4v) is 6.08. The first-order valence-electron chi connectivity index (χ1n) is 8.57. The number of hydrogen-bond acceptors (Lipinski definition) is 5. The van der Waals surface area contributed by atoms with E-state index in [4.69, 9.17) is 13.9 Å². The van der Waals surface area contributed by atoms with Crippen molar-refractivity contribution in [3.8, 4) is 0 Å². The van der Waals surface area contributed by atoms with Crippen LogP contribution in [0.1, 0.15) is 30.9 Å². The van der Waals surface area contributed by atoms with Crippen LogP contribution in [0.3, 0.4) is 0 Å². The Labute approximate surface area is 138 Å². The third-order valence-corrected chi connectivity index (χ3v) is 7.23. The Morgan fingerprint density at radius 3 is 2.92 bits per heavy atom. The summed E-state index contributed by atoms with van der Waals surface area (Å²) in [4.78, 5) is 12.7. The van der Waals surface area contributed by atoms with Gasteiger partial charge in [0.15, 0.2) is 5.79 Å². The Hall–Kier alpha value is -1.85. The lowest BCUT2D eigenvalue weighted by atomic mass is 9.46. The molecule has 1 spiro atoms. The minimum absolute atomic E-state index is 0.0510. The molecule has 3 saturated heterocycles. The number of ether oxygens (including phenoxy) is 2. The van der Waals surface area contributed by atoms with Crippen LogP contribution >= 0.6 is 0 Å². The minimum atomic E-state index is -1.41. The predicted octanol–water partition coefficient (Wildman–Crippen LogP) is 2.29. The van der Waals surface area contributed by atoms with E-state index in [1.165, 1.54) is 5.56 Å². The van der Waals surface area contributed by atoms with Gasteiger partial charge in [0.1, 0.15) is 17.1 Å². The van der Waals surface area contributed by atoms with Gasteiger partial charge < -0.3 is 19.0 Å². The predicted molar refractivity (Wildman–Crippen MR) is 83.2 cm³/mol. The number of furan rings is 1. The smallest absolute Gasteiger partial charge is 0.318 e. The lowest BCUT2D eigenvalue weighted by molar-refractivity contribution is -0.344. The molecule has 5 heteroatoms. The van der Waals surface area contributed by atoms with Crippen LogP contribution < -0.4 is 0 Å². The Kier molecular flexibility index (Phi) is 2.07. The molecule has 2 bridgehead atoms. The molecule has 7 rings (SSSR count). The van der Waals surface area contributed by atoms with Gasteiger partial charge in [0.2, 0.25) is 0 Å². The van der Waals surface area contributed by atoms with Crippen molar-refractivity contribution in [2.75, 3.05) is 6.61 Å². The minimum Gasteiger partial charge on any atom is -0.464 e. The maximum Gasteiger partial charge on any atom is 0.318 e. The summed E-state index contributed by atoms with van der Waals surface area (Å²) >= 11 is 0. The summed E-state index contributed by atoms with van der Waals surface area (Å²) in [5.41, 5.74) is 1.94. The van der Waals surface area contributed by atoms with Gasteiger partial charge in [-0.25, -0.2) is 0 Å². The van der Waals surface area contributed by atoms with Crippen LogP contribution in [-0.4, -0.2) is 29.6 Å². The van der Waals surface area contributed by atoms with Crippen molar-refractivity contribution >= 4 is 16.9 Å². The van der Waals surface area contributed by atoms with Gasteiger partial charge >= 0.3 is 5.97 Å². The fourth-order valence-electron chi connectivity index (χ4n) is 6.08. The molecule has 1 aromatic heterocycles. The van der Waals surface area contributed by atoms with Crippen LogP contribution in [0.15, 0.2) is 28.9 Å². The summed E-state index contributed by atoms with van der Waals surface area (Å²) < 4.78 is 17.4. The van der Waals surface area contributed by atoms with E-state index in [9.17, 15) is 9.90 Å². The topological polar surface area (TPSA) is 68.9 Å². The molecule has 0 unspecified atom stereocenters. The van der Waals surface area contributed by atoms with Crippen molar-refractivity contribution in [1.82, 2.24) is 0 Å². The SMILES string of the molecule is C[C@]12C(=O)O[C@@H]3Cc4c(ccc5ccoc45)[C@]4(CC[C@@]1(O)OC4)[C@@H]32. The third kappa shape index (κ3) is 1.15. The lowest BCUT2D eigenvalue weighted by Crippen LogP contribution is -2.71. The van der Waals surface area contributed by atoms with Crippen LogP contribution in [0.5, 0.6) is 0 Å². The summed E-state index contributed by atoms with van der Waals surface area (Å²) in [7, 11) is 0. The Bertz CT molecular complexity index is 904. The monoisotopic (exact) mass is 326 g/mol. The third-order valence-electron chi connectivity index (χ3n) is 7.23. The number of rotatable bonds is 0. The standard InChI is InChI=1S/C19H18O5/c1-17-15-13(24-16(17)20)8-11-12(3-2-10-4-7-22-14(10)11)18(15)5-6-19(17,21)23-9-18/h2-4,7,13,15,21H,5-6,8-9H2,1H3/t13-,15+,17+,18-,19-/m1/s1. The summed E-state index contributed by atoms with van der Waals surface area (Å²) in [5, 5.41) is 12.1. The molecule has 24 heavy (non-hydrogen) atoms. The van der Waals surface area contributed by atoms with E-state index in [0.29, 0.717) is 19.4 Å². The van der Waals surface area contributed by atoms with Gasteiger partial charge in [-0.15, -0.1) is 0 Å².